The average Bonchev–Trinajstić information content (AvgIpc) is 2.92. The van der Waals surface area contributed by atoms with Gasteiger partial charge in [-0.15, -0.1) is 0 Å². The lowest BCUT2D eigenvalue weighted by Crippen LogP contribution is -2.61. The molecule has 3 aliphatic heterocycles. The van der Waals surface area contributed by atoms with Gasteiger partial charge in [0.15, 0.2) is 0 Å². The molecule has 3 aliphatic rings. The molecule has 0 saturated carbocycles. The van der Waals surface area contributed by atoms with E-state index in [1.807, 2.05) is 6.08 Å². The fraction of sp³-hybridized carbons (Fsp3) is 0.538. The molecule has 0 aliphatic carbocycles. The van der Waals surface area contributed by atoms with Gasteiger partial charge in [0.25, 0.3) is 0 Å². The first-order chi connectivity index (χ1) is 9.02. The summed E-state index contributed by atoms with van der Waals surface area (Å²) in [5, 5.41) is 22.1. The molecule has 102 valence electrons. The van der Waals surface area contributed by atoms with Crippen molar-refractivity contribution in [2.45, 2.75) is 25.5 Å². The minimum Gasteiger partial charge on any atom is -0.477 e. The molecular weight excluding hydrogens is 248 g/mol. The molecule has 0 bridgehead atoms. The van der Waals surface area contributed by atoms with Gasteiger partial charge < -0.3 is 20.4 Å². The maximum atomic E-state index is 12.0. The Labute approximate surface area is 110 Å². The van der Waals surface area contributed by atoms with Crippen LogP contribution in [0.2, 0.25) is 0 Å². The van der Waals surface area contributed by atoms with Gasteiger partial charge in [-0.2, -0.15) is 0 Å². The zero-order valence-corrected chi connectivity index (χ0v) is 10.6. The van der Waals surface area contributed by atoms with Crippen LogP contribution >= 0.6 is 0 Å². The van der Waals surface area contributed by atoms with E-state index in [9.17, 15) is 19.8 Å². The largest absolute Gasteiger partial charge is 0.477 e. The number of β-lactam (4-membered cyclic amide) rings is 1. The van der Waals surface area contributed by atoms with E-state index in [0.717, 1.165) is 17.7 Å². The molecule has 0 unspecified atom stereocenters. The predicted octanol–water partition coefficient (Wildman–Crippen LogP) is -0.534. The van der Waals surface area contributed by atoms with Crippen LogP contribution in [0.5, 0.6) is 0 Å². The van der Waals surface area contributed by atoms with Crippen LogP contribution in [0.15, 0.2) is 22.9 Å². The Morgan fingerprint density at radius 1 is 1.58 bits per heavy atom. The normalized spacial score (nSPS) is 31.2. The van der Waals surface area contributed by atoms with Crippen LogP contribution in [-0.4, -0.2) is 52.2 Å². The van der Waals surface area contributed by atoms with Crippen LogP contribution in [0.3, 0.4) is 0 Å². The van der Waals surface area contributed by atoms with E-state index in [1.165, 1.54) is 4.90 Å². The summed E-state index contributed by atoms with van der Waals surface area (Å²) in [5.74, 6) is -1.82. The Bertz CT molecular complexity index is 521. The lowest BCUT2D eigenvalue weighted by atomic mass is 9.82. The Balaban J connectivity index is 1.96. The zero-order chi connectivity index (χ0) is 13.7. The number of aliphatic carboxylic acids is 1. The highest BCUT2D eigenvalue weighted by Gasteiger charge is 2.56. The number of carboxylic acids is 1. The molecule has 0 aromatic heterocycles. The number of carboxylic acid groups (broad SMARTS) is 1. The van der Waals surface area contributed by atoms with Crippen LogP contribution in [0, 0.1) is 5.92 Å². The van der Waals surface area contributed by atoms with Crippen molar-refractivity contribution in [1.82, 2.24) is 10.2 Å². The monoisotopic (exact) mass is 264 g/mol. The molecule has 0 radical (unpaired) electrons. The van der Waals surface area contributed by atoms with Crippen molar-refractivity contribution in [2.75, 3.05) is 13.1 Å². The topological polar surface area (TPSA) is 89.9 Å². The van der Waals surface area contributed by atoms with Gasteiger partial charge in [-0.3, -0.25) is 4.79 Å². The quantitative estimate of drug-likeness (QED) is 0.596. The molecule has 3 heterocycles. The maximum absolute atomic E-state index is 12.0. The second-order valence-electron chi connectivity index (χ2n) is 5.24. The summed E-state index contributed by atoms with van der Waals surface area (Å²) < 4.78 is 0. The number of carbonyl (C=O) groups is 2. The fourth-order valence-electron chi connectivity index (χ4n) is 3.26. The molecule has 3 rings (SSSR count). The Morgan fingerprint density at radius 2 is 2.32 bits per heavy atom. The van der Waals surface area contributed by atoms with Crippen molar-refractivity contribution in [3.05, 3.63) is 22.9 Å². The molecule has 6 heteroatoms. The standard InChI is InChI=1S/C13H16N2O4/c1-6(16)10-9-4-8(7-2-3-14-5-7)11(13(18)19)15(9)12(10)17/h2,6,9-10,14,16H,3-5H2,1H3,(H,18,19)/t6-,9-,10-/m1/s1. The number of aliphatic hydroxyl groups is 1. The summed E-state index contributed by atoms with van der Waals surface area (Å²) in [6.45, 7) is 2.94. The van der Waals surface area contributed by atoms with Crippen molar-refractivity contribution < 1.29 is 19.8 Å². The van der Waals surface area contributed by atoms with E-state index < -0.39 is 18.0 Å². The second kappa shape index (κ2) is 4.18. The van der Waals surface area contributed by atoms with Gasteiger partial charge in [0.1, 0.15) is 5.70 Å². The Hall–Kier alpha value is -1.66. The molecule has 0 aromatic rings. The van der Waals surface area contributed by atoms with Gasteiger partial charge >= 0.3 is 5.97 Å². The van der Waals surface area contributed by atoms with E-state index >= 15 is 0 Å². The zero-order valence-electron chi connectivity index (χ0n) is 10.6. The second-order valence-corrected chi connectivity index (χ2v) is 5.24. The first-order valence-electron chi connectivity index (χ1n) is 6.40. The summed E-state index contributed by atoms with van der Waals surface area (Å²) in [6.07, 6.45) is 1.75. The number of amides is 1. The van der Waals surface area contributed by atoms with Gasteiger partial charge in [0.05, 0.1) is 18.1 Å². The molecule has 3 N–H and O–H groups in total. The van der Waals surface area contributed by atoms with E-state index in [-0.39, 0.29) is 17.6 Å². The number of nitrogens with one attached hydrogen (secondary N) is 1. The third kappa shape index (κ3) is 1.63. The number of aliphatic hydroxyl groups excluding tert-OH is 1. The molecule has 1 saturated heterocycles. The van der Waals surface area contributed by atoms with Crippen LogP contribution in [0.4, 0.5) is 0 Å². The van der Waals surface area contributed by atoms with E-state index in [1.54, 1.807) is 6.92 Å². The lowest BCUT2D eigenvalue weighted by molar-refractivity contribution is -0.161. The van der Waals surface area contributed by atoms with Crippen LogP contribution < -0.4 is 5.32 Å². The van der Waals surface area contributed by atoms with Crippen molar-refractivity contribution in [3.63, 3.8) is 0 Å². The predicted molar refractivity (Wildman–Crippen MR) is 66.0 cm³/mol. The minimum atomic E-state index is -1.07. The van der Waals surface area contributed by atoms with Crippen LogP contribution in [0.1, 0.15) is 13.3 Å². The minimum absolute atomic E-state index is 0.0989. The number of hydrogen-bond donors (Lipinski definition) is 3. The number of hydrogen-bond acceptors (Lipinski definition) is 4. The summed E-state index contributed by atoms with van der Waals surface area (Å²) in [5.41, 5.74) is 1.80. The summed E-state index contributed by atoms with van der Waals surface area (Å²) >= 11 is 0. The highest BCUT2D eigenvalue weighted by Crippen LogP contribution is 2.45. The molecule has 1 amide bonds. The van der Waals surface area contributed by atoms with Crippen molar-refractivity contribution in [2.24, 2.45) is 5.92 Å². The lowest BCUT2D eigenvalue weighted by Gasteiger charge is -2.44. The van der Waals surface area contributed by atoms with Crippen LogP contribution in [0.25, 0.3) is 0 Å². The number of rotatable bonds is 3. The number of nitrogens with zero attached hydrogens (tertiary/aromatic N) is 1. The van der Waals surface area contributed by atoms with E-state index in [4.69, 9.17) is 0 Å². The smallest absolute Gasteiger partial charge is 0.352 e. The summed E-state index contributed by atoms with van der Waals surface area (Å²) in [7, 11) is 0. The average molecular weight is 264 g/mol. The third-order valence-corrected chi connectivity index (χ3v) is 4.13. The maximum Gasteiger partial charge on any atom is 0.352 e. The van der Waals surface area contributed by atoms with Crippen molar-refractivity contribution in [3.8, 4) is 0 Å². The van der Waals surface area contributed by atoms with E-state index in [2.05, 4.69) is 5.32 Å². The Kier molecular flexibility index (Phi) is 2.72. The highest BCUT2D eigenvalue weighted by molar-refractivity contribution is 6.00. The summed E-state index contributed by atoms with van der Waals surface area (Å²) in [6, 6.07) is -0.199. The summed E-state index contributed by atoms with van der Waals surface area (Å²) in [4.78, 5) is 24.8. The molecule has 0 aromatic carbocycles. The van der Waals surface area contributed by atoms with Gasteiger partial charge in [0.2, 0.25) is 5.91 Å². The molecular formula is C13H16N2O4. The van der Waals surface area contributed by atoms with Gasteiger partial charge in [0, 0.05) is 13.1 Å². The van der Waals surface area contributed by atoms with E-state index in [0.29, 0.717) is 13.0 Å². The van der Waals surface area contributed by atoms with Crippen molar-refractivity contribution >= 4 is 11.9 Å². The molecule has 0 spiro atoms. The first kappa shape index (κ1) is 12.4. The third-order valence-electron chi connectivity index (χ3n) is 4.13. The fourth-order valence-corrected chi connectivity index (χ4v) is 3.26. The Morgan fingerprint density at radius 3 is 2.84 bits per heavy atom. The molecule has 19 heavy (non-hydrogen) atoms. The first-order valence-corrected chi connectivity index (χ1v) is 6.40. The van der Waals surface area contributed by atoms with Gasteiger partial charge in [-0.05, 0) is 24.5 Å². The van der Waals surface area contributed by atoms with Crippen molar-refractivity contribution in [1.29, 1.82) is 0 Å². The van der Waals surface area contributed by atoms with Crippen LogP contribution in [-0.2, 0) is 9.59 Å². The number of fused-ring (bicyclic) bond motifs is 1. The highest BCUT2D eigenvalue weighted by atomic mass is 16.4. The molecule has 6 nitrogen and oxygen atoms in total. The molecule has 1 fully saturated rings. The van der Waals surface area contributed by atoms with Gasteiger partial charge in [-0.25, -0.2) is 4.79 Å². The molecule has 3 atom stereocenters. The number of carbonyl (C=O) groups excluding carboxylic acids is 1. The SMILES string of the molecule is C[C@@H](O)[C@H]1C(=O)N2C(C(=O)O)=C(C3=CCNC3)C[C@H]12. The van der Waals surface area contributed by atoms with Gasteiger partial charge in [-0.1, -0.05) is 6.08 Å².